The third-order valence-electron chi connectivity index (χ3n) is 5.38. The van der Waals surface area contributed by atoms with Crippen molar-refractivity contribution in [2.75, 3.05) is 31.5 Å². The number of anilines is 2. The van der Waals surface area contributed by atoms with Gasteiger partial charge in [-0.05, 0) is 36.2 Å². The number of amides is 2. The number of benzene rings is 1. The van der Waals surface area contributed by atoms with E-state index in [0.29, 0.717) is 32.6 Å². The van der Waals surface area contributed by atoms with E-state index in [1.165, 1.54) is 0 Å². The van der Waals surface area contributed by atoms with Gasteiger partial charge in [0.15, 0.2) is 5.13 Å². The second-order valence-electron chi connectivity index (χ2n) is 7.60. The standard InChI is InChI=1S/C23H25N5O2S/c1-16-6-7-18(13-19-15-25-23(31-19)26-21-5-3-4-8-24-21)14-20(16)22(30)28-11-9-27(10-12-28)17(2)29/h3-8,14-15H,9-13H2,1-2H3,(H,24,25,26). The Hall–Kier alpha value is -3.26. The van der Waals surface area contributed by atoms with Gasteiger partial charge in [-0.2, -0.15) is 0 Å². The lowest BCUT2D eigenvalue weighted by Crippen LogP contribution is -2.50. The molecule has 2 amide bonds. The molecule has 0 radical (unpaired) electrons. The maximum Gasteiger partial charge on any atom is 0.254 e. The number of nitrogens with zero attached hydrogens (tertiary/aromatic N) is 4. The van der Waals surface area contributed by atoms with Crippen molar-refractivity contribution in [2.45, 2.75) is 20.3 Å². The van der Waals surface area contributed by atoms with Crippen molar-refractivity contribution in [3.8, 4) is 0 Å². The predicted octanol–water partition coefficient (Wildman–Crippen LogP) is 3.49. The summed E-state index contributed by atoms with van der Waals surface area (Å²) in [5.74, 6) is 0.854. The van der Waals surface area contributed by atoms with Gasteiger partial charge in [-0.3, -0.25) is 9.59 Å². The van der Waals surface area contributed by atoms with E-state index in [0.717, 1.165) is 32.5 Å². The second kappa shape index (κ2) is 9.26. The molecule has 0 spiro atoms. The van der Waals surface area contributed by atoms with E-state index in [2.05, 4.69) is 21.4 Å². The topological polar surface area (TPSA) is 78.4 Å². The Morgan fingerprint density at radius 1 is 1.06 bits per heavy atom. The Bertz CT molecular complexity index is 1070. The number of aryl methyl sites for hydroxylation is 1. The number of rotatable bonds is 5. The van der Waals surface area contributed by atoms with Gasteiger partial charge in [-0.1, -0.05) is 18.2 Å². The van der Waals surface area contributed by atoms with Crippen LogP contribution in [-0.4, -0.2) is 57.8 Å². The van der Waals surface area contributed by atoms with Crippen LogP contribution in [0, 0.1) is 6.92 Å². The second-order valence-corrected chi connectivity index (χ2v) is 8.71. The fraction of sp³-hybridized carbons (Fsp3) is 0.304. The normalized spacial score (nSPS) is 13.9. The minimum atomic E-state index is 0.0318. The molecule has 0 aliphatic carbocycles. The van der Waals surface area contributed by atoms with Gasteiger partial charge in [0.1, 0.15) is 5.82 Å². The summed E-state index contributed by atoms with van der Waals surface area (Å²) in [4.78, 5) is 38.1. The monoisotopic (exact) mass is 435 g/mol. The maximum absolute atomic E-state index is 13.1. The summed E-state index contributed by atoms with van der Waals surface area (Å²) in [6, 6.07) is 11.7. The predicted molar refractivity (Wildman–Crippen MR) is 122 cm³/mol. The van der Waals surface area contributed by atoms with Crippen LogP contribution in [0.4, 0.5) is 10.9 Å². The molecule has 3 aromatic rings. The highest BCUT2D eigenvalue weighted by atomic mass is 32.1. The van der Waals surface area contributed by atoms with Crippen molar-refractivity contribution >= 4 is 34.1 Å². The highest BCUT2D eigenvalue weighted by Crippen LogP contribution is 2.25. The van der Waals surface area contributed by atoms with Gasteiger partial charge in [0.25, 0.3) is 5.91 Å². The number of aromatic nitrogens is 2. The van der Waals surface area contributed by atoms with E-state index in [1.54, 1.807) is 29.4 Å². The first-order chi connectivity index (χ1) is 15.0. The molecule has 0 bridgehead atoms. The molecule has 8 heteroatoms. The molecule has 1 aromatic carbocycles. The van der Waals surface area contributed by atoms with Gasteiger partial charge >= 0.3 is 0 Å². The number of piperazine rings is 1. The number of carbonyl (C=O) groups is 2. The summed E-state index contributed by atoms with van der Waals surface area (Å²) in [5, 5.41) is 4.00. The number of carbonyl (C=O) groups excluding carboxylic acids is 2. The summed E-state index contributed by atoms with van der Waals surface area (Å²) < 4.78 is 0. The maximum atomic E-state index is 13.1. The van der Waals surface area contributed by atoms with Crippen LogP contribution in [0.15, 0.2) is 48.8 Å². The molecule has 0 unspecified atom stereocenters. The summed E-state index contributed by atoms with van der Waals surface area (Å²) in [6.07, 6.45) is 4.31. The average Bonchev–Trinajstić information content (AvgIpc) is 3.22. The van der Waals surface area contributed by atoms with Crippen LogP contribution in [0.25, 0.3) is 0 Å². The quantitative estimate of drug-likeness (QED) is 0.664. The number of nitrogens with one attached hydrogen (secondary N) is 1. The molecule has 2 aromatic heterocycles. The average molecular weight is 436 g/mol. The lowest BCUT2D eigenvalue weighted by molar-refractivity contribution is -0.130. The fourth-order valence-corrected chi connectivity index (χ4v) is 4.45. The largest absolute Gasteiger partial charge is 0.339 e. The minimum absolute atomic E-state index is 0.0318. The zero-order valence-electron chi connectivity index (χ0n) is 17.7. The molecule has 1 aliphatic heterocycles. The van der Waals surface area contributed by atoms with Crippen molar-refractivity contribution in [3.05, 3.63) is 70.4 Å². The van der Waals surface area contributed by atoms with Crippen LogP contribution in [0.2, 0.25) is 0 Å². The number of thiazole rings is 1. The van der Waals surface area contributed by atoms with Crippen LogP contribution in [0.5, 0.6) is 0 Å². The Morgan fingerprint density at radius 3 is 2.55 bits per heavy atom. The summed E-state index contributed by atoms with van der Waals surface area (Å²) in [7, 11) is 0. The van der Waals surface area contributed by atoms with Crippen molar-refractivity contribution in [2.24, 2.45) is 0 Å². The van der Waals surface area contributed by atoms with Crippen molar-refractivity contribution in [1.82, 2.24) is 19.8 Å². The number of pyridine rings is 1. The SMILES string of the molecule is CC(=O)N1CCN(C(=O)c2cc(Cc3cnc(Nc4ccccn4)s3)ccc2C)CC1. The van der Waals surface area contributed by atoms with Crippen LogP contribution in [-0.2, 0) is 11.2 Å². The molecule has 0 atom stereocenters. The van der Waals surface area contributed by atoms with Gasteiger partial charge in [0, 0.05) is 62.4 Å². The molecule has 1 saturated heterocycles. The van der Waals surface area contributed by atoms with E-state index in [1.807, 2.05) is 48.4 Å². The Labute approximate surface area is 185 Å². The minimum Gasteiger partial charge on any atom is -0.339 e. The molecule has 4 rings (SSSR count). The van der Waals surface area contributed by atoms with Gasteiger partial charge in [-0.25, -0.2) is 9.97 Å². The van der Waals surface area contributed by atoms with E-state index in [4.69, 9.17) is 0 Å². The molecule has 3 heterocycles. The van der Waals surface area contributed by atoms with Crippen LogP contribution < -0.4 is 5.32 Å². The zero-order chi connectivity index (χ0) is 21.8. The molecular formula is C23H25N5O2S. The number of hydrogen-bond acceptors (Lipinski definition) is 6. The van der Waals surface area contributed by atoms with E-state index < -0.39 is 0 Å². The first-order valence-electron chi connectivity index (χ1n) is 10.3. The van der Waals surface area contributed by atoms with Crippen LogP contribution in [0.1, 0.15) is 33.3 Å². The first kappa shape index (κ1) is 21.0. The Morgan fingerprint density at radius 2 is 1.84 bits per heavy atom. The smallest absolute Gasteiger partial charge is 0.254 e. The van der Waals surface area contributed by atoms with Gasteiger partial charge < -0.3 is 15.1 Å². The van der Waals surface area contributed by atoms with Crippen LogP contribution in [0.3, 0.4) is 0 Å². The summed E-state index contributed by atoms with van der Waals surface area (Å²) >= 11 is 1.58. The van der Waals surface area contributed by atoms with Crippen molar-refractivity contribution < 1.29 is 9.59 Å². The molecule has 31 heavy (non-hydrogen) atoms. The first-order valence-corrected chi connectivity index (χ1v) is 11.1. The summed E-state index contributed by atoms with van der Waals surface area (Å²) in [6.45, 7) is 5.85. The van der Waals surface area contributed by atoms with Crippen LogP contribution >= 0.6 is 11.3 Å². The highest BCUT2D eigenvalue weighted by molar-refractivity contribution is 7.15. The van der Waals surface area contributed by atoms with Gasteiger partial charge in [-0.15, -0.1) is 11.3 Å². The lowest BCUT2D eigenvalue weighted by atomic mass is 10.0. The van der Waals surface area contributed by atoms with E-state index in [9.17, 15) is 9.59 Å². The lowest BCUT2D eigenvalue weighted by Gasteiger charge is -2.34. The van der Waals surface area contributed by atoms with Gasteiger partial charge in [0.05, 0.1) is 0 Å². The van der Waals surface area contributed by atoms with Crippen molar-refractivity contribution in [1.29, 1.82) is 0 Å². The molecule has 1 N–H and O–H groups in total. The fourth-order valence-electron chi connectivity index (χ4n) is 3.60. The van der Waals surface area contributed by atoms with Crippen molar-refractivity contribution in [3.63, 3.8) is 0 Å². The molecular weight excluding hydrogens is 410 g/mol. The summed E-state index contributed by atoms with van der Waals surface area (Å²) in [5.41, 5.74) is 2.76. The number of hydrogen-bond donors (Lipinski definition) is 1. The zero-order valence-corrected chi connectivity index (χ0v) is 18.5. The molecule has 0 saturated carbocycles. The molecule has 1 fully saturated rings. The third-order valence-corrected chi connectivity index (χ3v) is 6.29. The Balaban J connectivity index is 1.43. The van der Waals surface area contributed by atoms with Gasteiger partial charge in [0.2, 0.25) is 5.91 Å². The van der Waals surface area contributed by atoms with E-state index in [-0.39, 0.29) is 11.8 Å². The van der Waals surface area contributed by atoms with E-state index >= 15 is 0 Å². The molecule has 160 valence electrons. The molecule has 1 aliphatic rings. The Kier molecular flexibility index (Phi) is 6.27. The molecule has 7 nitrogen and oxygen atoms in total. The highest BCUT2D eigenvalue weighted by Gasteiger charge is 2.24. The third kappa shape index (κ3) is 5.08.